The average molecular weight is 390 g/mol. The van der Waals surface area contributed by atoms with Crippen LogP contribution in [-0.4, -0.2) is 36.3 Å². The highest BCUT2D eigenvalue weighted by molar-refractivity contribution is 6.06. The molecule has 1 unspecified atom stereocenters. The number of aromatic nitrogens is 6. The largest absolute Gasteiger partial charge is 0.326 e. The number of benzene rings is 2. The topological polar surface area (TPSA) is 113 Å². The van der Waals surface area contributed by atoms with Gasteiger partial charge < -0.3 is 10.6 Å². The summed E-state index contributed by atoms with van der Waals surface area (Å²) < 4.78 is 15.0. The number of tetrazole rings is 1. The summed E-state index contributed by atoms with van der Waals surface area (Å²) in [5.41, 5.74) is 3.24. The van der Waals surface area contributed by atoms with Crippen molar-refractivity contribution in [1.82, 2.24) is 30.4 Å². The highest BCUT2D eigenvalue weighted by atomic mass is 19.1. The molecule has 0 bridgehead atoms. The van der Waals surface area contributed by atoms with Crippen molar-refractivity contribution >= 4 is 28.4 Å². The highest BCUT2D eigenvalue weighted by Crippen LogP contribution is 2.35. The molecular formula is C19H15FN8O. The Morgan fingerprint density at radius 3 is 2.86 bits per heavy atom. The van der Waals surface area contributed by atoms with Crippen molar-refractivity contribution < 1.29 is 9.18 Å². The van der Waals surface area contributed by atoms with E-state index in [1.165, 1.54) is 16.8 Å². The number of allylic oxidation sites excluding steroid dienone is 1. The van der Waals surface area contributed by atoms with Gasteiger partial charge in [-0.15, -0.1) is 0 Å². The van der Waals surface area contributed by atoms with Gasteiger partial charge in [-0.1, -0.05) is 17.2 Å². The van der Waals surface area contributed by atoms with E-state index in [-0.39, 0.29) is 11.7 Å². The third-order valence-electron chi connectivity index (χ3n) is 4.84. The molecule has 0 saturated carbocycles. The molecule has 2 aromatic carbocycles. The third kappa shape index (κ3) is 2.90. The van der Waals surface area contributed by atoms with Gasteiger partial charge in [0.25, 0.3) is 5.91 Å². The molecule has 4 aromatic rings. The van der Waals surface area contributed by atoms with Crippen LogP contribution in [0.1, 0.15) is 18.5 Å². The first-order valence-electron chi connectivity index (χ1n) is 8.86. The summed E-state index contributed by atoms with van der Waals surface area (Å²) in [4.78, 5) is 13.2. The summed E-state index contributed by atoms with van der Waals surface area (Å²) in [6.45, 7) is 1.78. The first-order chi connectivity index (χ1) is 14.1. The maximum atomic E-state index is 13.5. The summed E-state index contributed by atoms with van der Waals surface area (Å²) >= 11 is 0. The molecule has 10 heteroatoms. The lowest BCUT2D eigenvalue weighted by atomic mass is 9.95. The zero-order valence-electron chi connectivity index (χ0n) is 15.2. The SMILES string of the molecule is CC1=C(C(=O)Nc2ccc3[nH]ncc3c2)C(c2ccc(F)cc2)n2nnnc2N1. The lowest BCUT2D eigenvalue weighted by Crippen LogP contribution is -2.31. The van der Waals surface area contributed by atoms with E-state index in [4.69, 9.17) is 0 Å². The maximum Gasteiger partial charge on any atom is 0.255 e. The van der Waals surface area contributed by atoms with Crippen LogP contribution in [0.3, 0.4) is 0 Å². The maximum absolute atomic E-state index is 13.5. The molecule has 1 atom stereocenters. The Balaban J connectivity index is 1.54. The highest BCUT2D eigenvalue weighted by Gasteiger charge is 2.34. The van der Waals surface area contributed by atoms with Gasteiger partial charge in [0.05, 0.1) is 17.3 Å². The van der Waals surface area contributed by atoms with Gasteiger partial charge >= 0.3 is 0 Å². The minimum absolute atomic E-state index is 0.312. The molecule has 3 N–H and O–H groups in total. The minimum Gasteiger partial charge on any atom is -0.326 e. The van der Waals surface area contributed by atoms with Gasteiger partial charge in [-0.2, -0.15) is 9.78 Å². The summed E-state index contributed by atoms with van der Waals surface area (Å²) in [7, 11) is 0. The molecule has 0 saturated heterocycles. The lowest BCUT2D eigenvalue weighted by Gasteiger charge is -2.28. The number of hydrogen-bond acceptors (Lipinski definition) is 6. The van der Waals surface area contributed by atoms with Gasteiger partial charge in [0.1, 0.15) is 11.9 Å². The number of halogens is 1. The Bertz CT molecular complexity index is 1260. The Morgan fingerprint density at radius 2 is 2.03 bits per heavy atom. The fourth-order valence-electron chi connectivity index (χ4n) is 3.48. The van der Waals surface area contributed by atoms with Gasteiger partial charge in [0.15, 0.2) is 0 Å². The van der Waals surface area contributed by atoms with Crippen molar-refractivity contribution in [2.45, 2.75) is 13.0 Å². The number of H-pyrrole nitrogens is 1. The van der Waals surface area contributed by atoms with E-state index in [0.717, 1.165) is 10.9 Å². The van der Waals surface area contributed by atoms with Crippen LogP contribution in [0.4, 0.5) is 16.0 Å². The Morgan fingerprint density at radius 1 is 1.21 bits per heavy atom. The molecule has 2 aromatic heterocycles. The van der Waals surface area contributed by atoms with Gasteiger partial charge in [-0.25, -0.2) is 4.39 Å². The van der Waals surface area contributed by atoms with Crippen molar-refractivity contribution in [3.63, 3.8) is 0 Å². The summed E-state index contributed by atoms with van der Waals surface area (Å²) in [5.74, 6) is -0.263. The number of anilines is 2. The predicted molar refractivity (Wildman–Crippen MR) is 103 cm³/mol. The second-order valence-corrected chi connectivity index (χ2v) is 6.69. The molecule has 0 aliphatic carbocycles. The Kier molecular flexibility index (Phi) is 3.83. The third-order valence-corrected chi connectivity index (χ3v) is 4.84. The molecule has 29 heavy (non-hydrogen) atoms. The number of nitrogens with zero attached hydrogens (tertiary/aromatic N) is 5. The second kappa shape index (κ2) is 6.51. The average Bonchev–Trinajstić information content (AvgIpc) is 3.36. The van der Waals surface area contributed by atoms with Crippen LogP contribution in [-0.2, 0) is 4.79 Å². The molecule has 1 aliphatic rings. The second-order valence-electron chi connectivity index (χ2n) is 6.69. The van der Waals surface area contributed by atoms with Crippen molar-refractivity contribution in [1.29, 1.82) is 0 Å². The number of nitrogens with one attached hydrogen (secondary N) is 3. The number of fused-ring (bicyclic) bond motifs is 2. The van der Waals surface area contributed by atoms with Crippen LogP contribution < -0.4 is 10.6 Å². The van der Waals surface area contributed by atoms with E-state index < -0.39 is 6.04 Å². The smallest absolute Gasteiger partial charge is 0.255 e. The number of carbonyl (C=O) groups excluding carboxylic acids is 1. The minimum atomic E-state index is -0.598. The number of aromatic amines is 1. The standard InChI is InChI=1S/C19H15FN8O/c1-10-16(18(29)23-14-6-7-15-12(8-14)9-21-24-15)17(11-2-4-13(20)5-3-11)28-19(22-10)25-26-27-28/h2-9,17H,1H3,(H,21,24)(H,23,29)(H,22,25,27). The first-order valence-corrected chi connectivity index (χ1v) is 8.86. The quantitative estimate of drug-likeness (QED) is 0.496. The predicted octanol–water partition coefficient (Wildman–Crippen LogP) is 2.62. The van der Waals surface area contributed by atoms with E-state index in [1.54, 1.807) is 31.3 Å². The van der Waals surface area contributed by atoms with Gasteiger partial charge in [0, 0.05) is 16.8 Å². The fraction of sp³-hybridized carbons (Fsp3) is 0.105. The molecule has 0 fully saturated rings. The zero-order chi connectivity index (χ0) is 20.0. The van der Waals surface area contributed by atoms with E-state index in [9.17, 15) is 9.18 Å². The van der Waals surface area contributed by atoms with E-state index in [2.05, 4.69) is 36.4 Å². The summed E-state index contributed by atoms with van der Waals surface area (Å²) in [6, 6.07) is 10.8. The molecule has 9 nitrogen and oxygen atoms in total. The number of amides is 1. The van der Waals surface area contributed by atoms with Crippen LogP contribution in [0.15, 0.2) is 59.9 Å². The molecule has 3 heterocycles. The van der Waals surface area contributed by atoms with E-state index >= 15 is 0 Å². The van der Waals surface area contributed by atoms with Crippen molar-refractivity contribution in [2.75, 3.05) is 10.6 Å². The van der Waals surface area contributed by atoms with E-state index in [0.29, 0.717) is 28.5 Å². The van der Waals surface area contributed by atoms with Crippen molar-refractivity contribution in [2.24, 2.45) is 0 Å². The van der Waals surface area contributed by atoms with Crippen molar-refractivity contribution in [3.8, 4) is 0 Å². The van der Waals surface area contributed by atoms with Crippen LogP contribution in [0, 0.1) is 5.82 Å². The summed E-state index contributed by atoms with van der Waals surface area (Å²) in [6.07, 6.45) is 1.69. The zero-order valence-corrected chi connectivity index (χ0v) is 15.2. The van der Waals surface area contributed by atoms with Gasteiger partial charge in [0.2, 0.25) is 5.95 Å². The van der Waals surface area contributed by atoms with E-state index in [1.807, 2.05) is 12.1 Å². The van der Waals surface area contributed by atoms with Crippen LogP contribution >= 0.6 is 0 Å². The fourth-order valence-corrected chi connectivity index (χ4v) is 3.48. The summed E-state index contributed by atoms with van der Waals surface area (Å²) in [5, 5.41) is 25.4. The molecule has 5 rings (SSSR count). The number of hydrogen-bond donors (Lipinski definition) is 3. The van der Waals surface area contributed by atoms with Gasteiger partial charge in [-0.05, 0) is 53.2 Å². The van der Waals surface area contributed by atoms with Crippen molar-refractivity contribution in [3.05, 3.63) is 71.3 Å². The molecule has 1 aliphatic heterocycles. The number of carbonyl (C=O) groups is 1. The van der Waals surface area contributed by atoms with Gasteiger partial charge in [-0.3, -0.25) is 9.89 Å². The molecule has 144 valence electrons. The Labute approximate surface area is 163 Å². The molecule has 0 radical (unpaired) electrons. The van der Waals surface area contributed by atoms with Crippen LogP contribution in [0.5, 0.6) is 0 Å². The van der Waals surface area contributed by atoms with Crippen LogP contribution in [0.25, 0.3) is 10.9 Å². The monoisotopic (exact) mass is 390 g/mol. The first kappa shape index (κ1) is 17.0. The normalized spacial score (nSPS) is 15.9. The number of rotatable bonds is 3. The molecular weight excluding hydrogens is 375 g/mol. The lowest BCUT2D eigenvalue weighted by molar-refractivity contribution is -0.113. The van der Waals surface area contributed by atoms with Crippen LogP contribution in [0.2, 0.25) is 0 Å². The molecule has 1 amide bonds. The Hall–Kier alpha value is -4.08. The molecule has 0 spiro atoms.